The van der Waals surface area contributed by atoms with Gasteiger partial charge in [-0.25, -0.2) is 0 Å². The lowest BCUT2D eigenvalue weighted by atomic mass is 9.97. The number of aromatic nitrogens is 1. The van der Waals surface area contributed by atoms with Crippen molar-refractivity contribution >= 4 is 17.2 Å². The summed E-state index contributed by atoms with van der Waals surface area (Å²) in [6, 6.07) is 8.47. The van der Waals surface area contributed by atoms with Crippen molar-refractivity contribution in [3.8, 4) is 11.3 Å². The molecule has 1 aromatic carbocycles. The maximum Gasteiger partial charge on any atom is 0.308 e. The molecule has 1 fully saturated rings. The summed E-state index contributed by atoms with van der Waals surface area (Å²) in [7, 11) is 0. The van der Waals surface area contributed by atoms with E-state index in [-0.39, 0.29) is 29.4 Å². The van der Waals surface area contributed by atoms with Gasteiger partial charge in [0.05, 0.1) is 5.69 Å². The maximum atomic E-state index is 12.9. The topological polar surface area (TPSA) is 42.3 Å². The smallest absolute Gasteiger partial charge is 0.308 e. The molecule has 0 saturated carbocycles. The SMILES string of the molecule is Cc1ccccc1-c1csc(=O)n1CC(=O)N1C(C)CCCC1C. The number of thiazole rings is 1. The second-order valence-corrected chi connectivity index (χ2v) is 7.54. The molecular weight excluding hydrogens is 320 g/mol. The Morgan fingerprint density at radius 1 is 1.21 bits per heavy atom. The second kappa shape index (κ2) is 6.93. The Hall–Kier alpha value is -1.88. The van der Waals surface area contributed by atoms with E-state index in [1.807, 2.05) is 41.5 Å². The molecule has 24 heavy (non-hydrogen) atoms. The van der Waals surface area contributed by atoms with Gasteiger partial charge in [0.2, 0.25) is 5.91 Å². The third-order valence-electron chi connectivity index (χ3n) is 4.98. The molecule has 0 N–H and O–H groups in total. The quantitative estimate of drug-likeness (QED) is 0.852. The number of carbonyl (C=O) groups excluding carboxylic acids is 1. The second-order valence-electron chi connectivity index (χ2n) is 6.72. The Kier molecular flexibility index (Phi) is 4.90. The van der Waals surface area contributed by atoms with Gasteiger partial charge >= 0.3 is 4.87 Å². The van der Waals surface area contributed by atoms with Crippen molar-refractivity contribution in [3.05, 3.63) is 44.9 Å². The minimum atomic E-state index is -0.0704. The van der Waals surface area contributed by atoms with Crippen LogP contribution < -0.4 is 4.87 Å². The Labute approximate surface area is 146 Å². The molecule has 1 aliphatic heterocycles. The van der Waals surface area contributed by atoms with E-state index in [1.165, 1.54) is 6.42 Å². The van der Waals surface area contributed by atoms with Gasteiger partial charge < -0.3 is 4.90 Å². The number of piperidine rings is 1. The van der Waals surface area contributed by atoms with Crippen LogP contribution in [-0.4, -0.2) is 27.5 Å². The number of benzene rings is 1. The van der Waals surface area contributed by atoms with E-state index in [4.69, 9.17) is 0 Å². The molecule has 1 aliphatic rings. The van der Waals surface area contributed by atoms with Crippen molar-refractivity contribution < 1.29 is 4.79 Å². The predicted octanol–water partition coefficient (Wildman–Crippen LogP) is 3.67. The fourth-order valence-electron chi connectivity index (χ4n) is 3.68. The molecular formula is C19H24N2O2S. The summed E-state index contributed by atoms with van der Waals surface area (Å²) in [5, 5.41) is 1.86. The Morgan fingerprint density at radius 3 is 2.54 bits per heavy atom. The molecule has 5 heteroatoms. The summed E-state index contributed by atoms with van der Waals surface area (Å²) >= 11 is 1.16. The highest BCUT2D eigenvalue weighted by molar-refractivity contribution is 7.07. The van der Waals surface area contributed by atoms with E-state index in [1.54, 1.807) is 4.57 Å². The average Bonchev–Trinajstić information content (AvgIpc) is 2.89. The van der Waals surface area contributed by atoms with Gasteiger partial charge in [-0.2, -0.15) is 0 Å². The van der Waals surface area contributed by atoms with Crippen LogP contribution in [0.1, 0.15) is 38.7 Å². The zero-order chi connectivity index (χ0) is 17.3. The number of hydrogen-bond acceptors (Lipinski definition) is 3. The van der Waals surface area contributed by atoms with Crippen molar-refractivity contribution in [2.24, 2.45) is 0 Å². The van der Waals surface area contributed by atoms with Crippen LogP contribution in [0.2, 0.25) is 0 Å². The molecule has 2 unspecified atom stereocenters. The third kappa shape index (κ3) is 3.18. The van der Waals surface area contributed by atoms with Crippen molar-refractivity contribution in [3.63, 3.8) is 0 Å². The van der Waals surface area contributed by atoms with Crippen LogP contribution in [0.25, 0.3) is 11.3 Å². The van der Waals surface area contributed by atoms with Crippen molar-refractivity contribution in [2.75, 3.05) is 0 Å². The van der Waals surface area contributed by atoms with Gasteiger partial charge in [0.25, 0.3) is 0 Å². The summed E-state index contributed by atoms with van der Waals surface area (Å²) in [6.07, 6.45) is 3.25. The molecule has 2 atom stereocenters. The summed E-state index contributed by atoms with van der Waals surface area (Å²) in [4.78, 5) is 27.1. The minimum absolute atomic E-state index is 0.0463. The molecule has 2 heterocycles. The van der Waals surface area contributed by atoms with Gasteiger partial charge in [0, 0.05) is 23.0 Å². The number of amides is 1. The first-order valence-electron chi connectivity index (χ1n) is 8.54. The molecule has 3 rings (SSSR count). The van der Waals surface area contributed by atoms with E-state index in [9.17, 15) is 9.59 Å². The monoisotopic (exact) mass is 344 g/mol. The highest BCUT2D eigenvalue weighted by Gasteiger charge is 2.29. The molecule has 1 saturated heterocycles. The zero-order valence-electron chi connectivity index (χ0n) is 14.5. The Balaban J connectivity index is 1.91. The number of nitrogens with zero attached hydrogens (tertiary/aromatic N) is 2. The molecule has 128 valence electrons. The predicted molar refractivity (Wildman–Crippen MR) is 98.4 cm³/mol. The first-order valence-corrected chi connectivity index (χ1v) is 9.42. The molecule has 1 amide bonds. The number of aryl methyl sites for hydroxylation is 1. The number of carbonyl (C=O) groups is 1. The number of likely N-dealkylation sites (tertiary alicyclic amines) is 1. The fraction of sp³-hybridized carbons (Fsp3) is 0.474. The van der Waals surface area contributed by atoms with Crippen LogP contribution in [0.5, 0.6) is 0 Å². The normalized spacial score (nSPS) is 21.0. The standard InChI is InChI=1S/C19H24N2O2S/c1-13-7-4-5-10-16(13)17-12-24-19(23)20(17)11-18(22)21-14(2)8-6-9-15(21)3/h4-5,7,10,12,14-15H,6,8-9,11H2,1-3H3. The van der Waals surface area contributed by atoms with Gasteiger partial charge in [0.1, 0.15) is 6.54 Å². The Morgan fingerprint density at radius 2 is 1.88 bits per heavy atom. The molecule has 4 nitrogen and oxygen atoms in total. The van der Waals surface area contributed by atoms with Gasteiger partial charge in [-0.05, 0) is 45.6 Å². The average molecular weight is 344 g/mol. The molecule has 1 aromatic heterocycles. The molecule has 0 radical (unpaired) electrons. The summed E-state index contributed by atoms with van der Waals surface area (Å²) in [5.74, 6) is 0.0463. The van der Waals surface area contributed by atoms with Gasteiger partial charge in [-0.3, -0.25) is 14.2 Å². The van der Waals surface area contributed by atoms with Gasteiger partial charge in [-0.1, -0.05) is 35.6 Å². The highest BCUT2D eigenvalue weighted by atomic mass is 32.1. The van der Waals surface area contributed by atoms with E-state index in [2.05, 4.69) is 13.8 Å². The lowest BCUT2D eigenvalue weighted by Gasteiger charge is -2.39. The first-order chi connectivity index (χ1) is 11.5. The van der Waals surface area contributed by atoms with Crippen molar-refractivity contribution in [2.45, 2.75) is 58.7 Å². The minimum Gasteiger partial charge on any atom is -0.336 e. The van der Waals surface area contributed by atoms with Crippen molar-refractivity contribution in [1.82, 2.24) is 9.47 Å². The highest BCUT2D eigenvalue weighted by Crippen LogP contribution is 2.26. The lowest BCUT2D eigenvalue weighted by Crippen LogP contribution is -2.49. The molecule has 0 spiro atoms. The van der Waals surface area contributed by atoms with Crippen LogP contribution in [0.15, 0.2) is 34.4 Å². The van der Waals surface area contributed by atoms with Crippen LogP contribution in [0.4, 0.5) is 0 Å². The van der Waals surface area contributed by atoms with Crippen LogP contribution in [0, 0.1) is 6.92 Å². The van der Waals surface area contributed by atoms with E-state index in [0.717, 1.165) is 41.0 Å². The molecule has 2 aromatic rings. The third-order valence-corrected chi connectivity index (χ3v) is 5.74. The Bertz CT molecular complexity index is 783. The van der Waals surface area contributed by atoms with Crippen molar-refractivity contribution in [1.29, 1.82) is 0 Å². The summed E-state index contributed by atoms with van der Waals surface area (Å²) in [5.41, 5.74) is 2.97. The lowest BCUT2D eigenvalue weighted by molar-refractivity contribution is -0.137. The maximum absolute atomic E-state index is 12.9. The fourth-order valence-corrected chi connectivity index (χ4v) is 4.44. The molecule has 0 aliphatic carbocycles. The number of hydrogen-bond donors (Lipinski definition) is 0. The van der Waals surface area contributed by atoms with E-state index >= 15 is 0 Å². The zero-order valence-corrected chi connectivity index (χ0v) is 15.3. The van der Waals surface area contributed by atoms with Gasteiger partial charge in [-0.15, -0.1) is 0 Å². The van der Waals surface area contributed by atoms with Crippen LogP contribution >= 0.6 is 11.3 Å². The summed E-state index contributed by atoms with van der Waals surface area (Å²) < 4.78 is 1.63. The molecule has 0 bridgehead atoms. The number of rotatable bonds is 3. The van der Waals surface area contributed by atoms with Crippen LogP contribution in [-0.2, 0) is 11.3 Å². The van der Waals surface area contributed by atoms with Gasteiger partial charge in [0.15, 0.2) is 0 Å². The largest absolute Gasteiger partial charge is 0.336 e. The van der Waals surface area contributed by atoms with E-state index < -0.39 is 0 Å². The van der Waals surface area contributed by atoms with E-state index in [0.29, 0.717) is 0 Å². The first kappa shape index (κ1) is 17.0. The summed E-state index contributed by atoms with van der Waals surface area (Å²) in [6.45, 7) is 6.36. The van der Waals surface area contributed by atoms with Crippen LogP contribution in [0.3, 0.4) is 0 Å².